The van der Waals surface area contributed by atoms with Crippen molar-refractivity contribution in [2.24, 2.45) is 0 Å². The number of ether oxygens (including phenoxy) is 2. The van der Waals surface area contributed by atoms with E-state index in [1.54, 1.807) is 0 Å². The Labute approximate surface area is 55.1 Å². The predicted molar refractivity (Wildman–Crippen MR) is 33.1 cm³/mol. The smallest absolute Gasteiger partial charge is 0.170 e. The molecular weight excluding hydrogens is 116 g/mol. The van der Waals surface area contributed by atoms with Crippen LogP contribution in [0, 0.1) is 0 Å². The molecule has 0 aliphatic carbocycles. The van der Waals surface area contributed by atoms with Gasteiger partial charge < -0.3 is 9.47 Å². The average molecular weight is 128 g/mol. The van der Waals surface area contributed by atoms with Crippen LogP contribution >= 0.6 is 0 Å². The Kier molecular flexibility index (Phi) is 1.24. The van der Waals surface area contributed by atoms with E-state index in [0.29, 0.717) is 0 Å². The van der Waals surface area contributed by atoms with Crippen molar-refractivity contribution in [1.82, 2.24) is 0 Å². The molecule has 0 aromatic carbocycles. The first-order valence-electron chi connectivity index (χ1n) is 3.69. The molecule has 1 atom stereocenters. The molecule has 1 spiro atoms. The van der Waals surface area contributed by atoms with Gasteiger partial charge in [-0.3, -0.25) is 0 Å². The molecule has 0 saturated carbocycles. The Hall–Kier alpha value is -0.0800. The van der Waals surface area contributed by atoms with Gasteiger partial charge in [-0.05, 0) is 12.8 Å². The number of hydrogen-bond acceptors (Lipinski definition) is 2. The highest BCUT2D eigenvalue weighted by molar-refractivity contribution is 4.80. The Morgan fingerprint density at radius 3 is 2.00 bits per heavy atom. The molecule has 9 heavy (non-hydrogen) atoms. The molecule has 0 amide bonds. The molecule has 2 heteroatoms. The third-order valence-electron chi connectivity index (χ3n) is 2.17. The average Bonchev–Trinajstić information content (AvgIpc) is 1.87. The minimum absolute atomic E-state index is 0.0990. The quantitative estimate of drug-likeness (QED) is 0.489. The summed E-state index contributed by atoms with van der Waals surface area (Å²) in [5.74, 6) is -0.0990. The van der Waals surface area contributed by atoms with Crippen LogP contribution in [0.15, 0.2) is 0 Å². The molecule has 2 rings (SSSR count). The minimum Gasteiger partial charge on any atom is -0.350 e. The largest absolute Gasteiger partial charge is 0.350 e. The zero-order valence-electron chi connectivity index (χ0n) is 5.56. The number of rotatable bonds is 0. The highest BCUT2D eigenvalue weighted by Crippen LogP contribution is 2.35. The normalized spacial score (nSPS) is 42.7. The molecule has 0 radical (unpaired) electrons. The van der Waals surface area contributed by atoms with Gasteiger partial charge in [-0.2, -0.15) is 0 Å². The summed E-state index contributed by atoms with van der Waals surface area (Å²) in [6.07, 6.45) is 4.73. The monoisotopic (exact) mass is 128 g/mol. The van der Waals surface area contributed by atoms with Crippen LogP contribution in [0.3, 0.4) is 0 Å². The summed E-state index contributed by atoms with van der Waals surface area (Å²) in [6.45, 7) is 1.81. The lowest BCUT2D eigenvalue weighted by atomic mass is 9.99. The van der Waals surface area contributed by atoms with Gasteiger partial charge in [-0.25, -0.2) is 0 Å². The summed E-state index contributed by atoms with van der Waals surface area (Å²) >= 11 is 0. The minimum atomic E-state index is -0.0990. The van der Waals surface area contributed by atoms with Gasteiger partial charge in [-0.15, -0.1) is 0 Å². The van der Waals surface area contributed by atoms with E-state index in [1.165, 1.54) is 12.8 Å². The van der Waals surface area contributed by atoms with Crippen LogP contribution in [0.4, 0.5) is 0 Å². The molecule has 1 unspecified atom stereocenters. The van der Waals surface area contributed by atoms with E-state index in [2.05, 4.69) is 0 Å². The molecular formula is C7H12O2. The van der Waals surface area contributed by atoms with Crippen LogP contribution in [0.25, 0.3) is 0 Å². The van der Waals surface area contributed by atoms with Crippen LogP contribution in [0.1, 0.15) is 25.7 Å². The standard InChI is InChI=1S/C7H12O2/c1-2-5-8-7(3-1)4-6-9-7/h1-6H2. The SMILES string of the molecule is C1CCC2(CCO2)OC1. The predicted octanol–water partition coefficient (Wildman–Crippen LogP) is 1.30. The van der Waals surface area contributed by atoms with Gasteiger partial charge in [-0.1, -0.05) is 0 Å². The first-order valence-corrected chi connectivity index (χ1v) is 3.69. The van der Waals surface area contributed by atoms with Crippen molar-refractivity contribution in [2.45, 2.75) is 31.5 Å². The molecule has 2 saturated heterocycles. The van der Waals surface area contributed by atoms with Crippen molar-refractivity contribution in [1.29, 1.82) is 0 Å². The van der Waals surface area contributed by atoms with Crippen molar-refractivity contribution in [3.63, 3.8) is 0 Å². The molecule has 0 aromatic rings. The summed E-state index contributed by atoms with van der Waals surface area (Å²) in [7, 11) is 0. The summed E-state index contributed by atoms with van der Waals surface area (Å²) in [5.41, 5.74) is 0. The van der Waals surface area contributed by atoms with Crippen molar-refractivity contribution in [2.75, 3.05) is 13.2 Å². The lowest BCUT2D eigenvalue weighted by Gasteiger charge is -2.43. The molecule has 52 valence electrons. The molecule has 2 aliphatic heterocycles. The van der Waals surface area contributed by atoms with E-state index in [-0.39, 0.29) is 5.79 Å². The molecule has 2 aliphatic rings. The van der Waals surface area contributed by atoms with E-state index >= 15 is 0 Å². The first kappa shape index (κ1) is 5.69. The van der Waals surface area contributed by atoms with Gasteiger partial charge in [0.05, 0.1) is 13.2 Å². The topological polar surface area (TPSA) is 18.5 Å². The number of hydrogen-bond donors (Lipinski definition) is 0. The second-order valence-electron chi connectivity index (χ2n) is 2.81. The summed E-state index contributed by atoms with van der Waals surface area (Å²) in [4.78, 5) is 0. The Balaban J connectivity index is 1.93. The zero-order valence-corrected chi connectivity index (χ0v) is 5.56. The lowest BCUT2D eigenvalue weighted by molar-refractivity contribution is -0.321. The maximum Gasteiger partial charge on any atom is 0.170 e. The van der Waals surface area contributed by atoms with Gasteiger partial charge in [0.15, 0.2) is 5.79 Å². The summed E-state index contributed by atoms with van der Waals surface area (Å²) in [6, 6.07) is 0. The summed E-state index contributed by atoms with van der Waals surface area (Å²) in [5, 5.41) is 0. The van der Waals surface area contributed by atoms with Crippen LogP contribution in [-0.2, 0) is 9.47 Å². The van der Waals surface area contributed by atoms with Gasteiger partial charge in [0, 0.05) is 12.8 Å². The van der Waals surface area contributed by atoms with Gasteiger partial charge in [0.1, 0.15) is 0 Å². The van der Waals surface area contributed by atoms with Crippen molar-refractivity contribution in [3.8, 4) is 0 Å². The van der Waals surface area contributed by atoms with E-state index < -0.39 is 0 Å². The van der Waals surface area contributed by atoms with Crippen LogP contribution in [-0.4, -0.2) is 19.0 Å². The van der Waals surface area contributed by atoms with E-state index in [0.717, 1.165) is 26.1 Å². The van der Waals surface area contributed by atoms with Crippen molar-refractivity contribution >= 4 is 0 Å². The fraction of sp³-hybridized carbons (Fsp3) is 1.00. The van der Waals surface area contributed by atoms with Crippen molar-refractivity contribution < 1.29 is 9.47 Å². The van der Waals surface area contributed by atoms with Crippen molar-refractivity contribution in [3.05, 3.63) is 0 Å². The second kappa shape index (κ2) is 1.96. The van der Waals surface area contributed by atoms with Crippen LogP contribution < -0.4 is 0 Å². The fourth-order valence-corrected chi connectivity index (χ4v) is 1.47. The lowest BCUT2D eigenvalue weighted by Crippen LogP contribution is -2.48. The maximum absolute atomic E-state index is 5.48. The Morgan fingerprint density at radius 1 is 0.889 bits per heavy atom. The van der Waals surface area contributed by atoms with E-state index in [4.69, 9.17) is 9.47 Å². The molecule has 0 aromatic heterocycles. The highest BCUT2D eigenvalue weighted by Gasteiger charge is 2.40. The summed E-state index contributed by atoms with van der Waals surface area (Å²) < 4.78 is 10.8. The van der Waals surface area contributed by atoms with Crippen LogP contribution in [0.2, 0.25) is 0 Å². The Bertz CT molecular complexity index is 99.5. The third-order valence-corrected chi connectivity index (χ3v) is 2.17. The highest BCUT2D eigenvalue weighted by atomic mass is 16.7. The molecule has 0 bridgehead atoms. The molecule has 0 N–H and O–H groups in total. The fourth-order valence-electron chi connectivity index (χ4n) is 1.47. The maximum atomic E-state index is 5.48. The molecule has 2 fully saturated rings. The van der Waals surface area contributed by atoms with Gasteiger partial charge >= 0.3 is 0 Å². The third kappa shape index (κ3) is 0.864. The van der Waals surface area contributed by atoms with Gasteiger partial charge in [0.2, 0.25) is 0 Å². The molecule has 2 heterocycles. The van der Waals surface area contributed by atoms with Gasteiger partial charge in [0.25, 0.3) is 0 Å². The van der Waals surface area contributed by atoms with E-state index in [1.807, 2.05) is 0 Å². The Morgan fingerprint density at radius 2 is 1.67 bits per heavy atom. The van der Waals surface area contributed by atoms with Crippen LogP contribution in [0.5, 0.6) is 0 Å². The second-order valence-corrected chi connectivity index (χ2v) is 2.81. The zero-order chi connectivity index (χ0) is 6.16. The molecule has 2 nitrogen and oxygen atoms in total. The van der Waals surface area contributed by atoms with E-state index in [9.17, 15) is 0 Å². The first-order chi connectivity index (χ1) is 4.41.